The maximum absolute atomic E-state index is 14.5. The summed E-state index contributed by atoms with van der Waals surface area (Å²) in [5.41, 5.74) is 0.915. The third-order valence-corrected chi connectivity index (χ3v) is 5.12. The Hall–Kier alpha value is -2.35. The van der Waals surface area contributed by atoms with Crippen molar-refractivity contribution in [1.82, 2.24) is 0 Å². The number of rotatable bonds is 4. The molecule has 0 saturated carbocycles. The van der Waals surface area contributed by atoms with Crippen molar-refractivity contribution in [1.29, 1.82) is 0 Å². The van der Waals surface area contributed by atoms with Crippen molar-refractivity contribution in [2.24, 2.45) is 0 Å². The molecule has 2 aliphatic heterocycles. The van der Waals surface area contributed by atoms with Crippen LogP contribution in [-0.2, 0) is 18.9 Å². The second kappa shape index (κ2) is 7.48. The van der Waals surface area contributed by atoms with Crippen LogP contribution in [0.1, 0.15) is 41.4 Å². The van der Waals surface area contributed by atoms with Gasteiger partial charge in [-0.25, -0.2) is 13.6 Å². The van der Waals surface area contributed by atoms with Crippen molar-refractivity contribution < 1.29 is 32.5 Å². The van der Waals surface area contributed by atoms with Gasteiger partial charge in [-0.15, -0.1) is 0 Å². The first-order valence-electron chi connectivity index (χ1n) is 9.44. The van der Waals surface area contributed by atoms with Gasteiger partial charge in [-0.3, -0.25) is 0 Å². The molecule has 4 rings (SSSR count). The number of aryl methyl sites for hydroxylation is 1. The van der Waals surface area contributed by atoms with E-state index in [-0.39, 0.29) is 12.2 Å². The molecule has 0 amide bonds. The van der Waals surface area contributed by atoms with Crippen LogP contribution in [0.5, 0.6) is 0 Å². The number of esters is 1. The molecule has 0 radical (unpaired) electrons. The van der Waals surface area contributed by atoms with Gasteiger partial charge < -0.3 is 18.9 Å². The molecular weight excluding hydrogens is 382 g/mol. The Kier molecular flexibility index (Phi) is 5.14. The van der Waals surface area contributed by atoms with E-state index < -0.39 is 47.8 Å². The van der Waals surface area contributed by atoms with E-state index in [1.54, 1.807) is 51.1 Å². The van der Waals surface area contributed by atoms with Crippen LogP contribution in [-0.4, -0.2) is 36.7 Å². The Bertz CT molecular complexity index is 915. The third-order valence-electron chi connectivity index (χ3n) is 5.12. The summed E-state index contributed by atoms with van der Waals surface area (Å²) >= 11 is 0. The van der Waals surface area contributed by atoms with Gasteiger partial charge in [0.1, 0.15) is 42.7 Å². The van der Waals surface area contributed by atoms with Gasteiger partial charge in [0, 0.05) is 11.6 Å². The van der Waals surface area contributed by atoms with Crippen LogP contribution in [0.15, 0.2) is 42.5 Å². The second-order valence-corrected chi connectivity index (χ2v) is 7.75. The number of halogens is 2. The predicted molar refractivity (Wildman–Crippen MR) is 99.3 cm³/mol. The zero-order valence-electron chi connectivity index (χ0n) is 16.4. The lowest BCUT2D eigenvalue weighted by atomic mass is 9.99. The van der Waals surface area contributed by atoms with Gasteiger partial charge in [0.15, 0.2) is 5.79 Å². The van der Waals surface area contributed by atoms with Gasteiger partial charge in [-0.1, -0.05) is 18.2 Å². The Morgan fingerprint density at radius 3 is 2.48 bits per heavy atom. The van der Waals surface area contributed by atoms with E-state index in [1.165, 1.54) is 6.07 Å². The monoisotopic (exact) mass is 404 g/mol. The van der Waals surface area contributed by atoms with Crippen molar-refractivity contribution in [2.45, 2.75) is 51.0 Å². The van der Waals surface area contributed by atoms with Crippen LogP contribution >= 0.6 is 0 Å². The quantitative estimate of drug-likeness (QED) is 0.719. The number of hydrogen-bond acceptors (Lipinski definition) is 5. The second-order valence-electron chi connectivity index (χ2n) is 7.75. The highest BCUT2D eigenvalue weighted by atomic mass is 19.1. The summed E-state index contributed by atoms with van der Waals surface area (Å²) < 4.78 is 51.4. The highest BCUT2D eigenvalue weighted by Crippen LogP contribution is 2.46. The molecular formula is C22H22F2O5. The molecule has 7 heteroatoms. The maximum Gasteiger partial charge on any atom is 0.338 e. The fraction of sp³-hybridized carbons (Fsp3) is 0.409. The van der Waals surface area contributed by atoms with Crippen LogP contribution in [0, 0.1) is 18.6 Å². The zero-order chi connectivity index (χ0) is 20.8. The summed E-state index contributed by atoms with van der Waals surface area (Å²) in [7, 11) is 0. The van der Waals surface area contributed by atoms with Crippen molar-refractivity contribution >= 4 is 5.97 Å². The number of benzene rings is 2. The largest absolute Gasteiger partial charge is 0.459 e. The molecule has 2 heterocycles. The predicted octanol–water partition coefficient (Wildman–Crippen LogP) is 4.09. The number of fused-ring (bicyclic) bond motifs is 1. The molecule has 4 atom stereocenters. The van der Waals surface area contributed by atoms with E-state index in [2.05, 4.69) is 0 Å². The molecule has 2 saturated heterocycles. The Morgan fingerprint density at radius 1 is 1.07 bits per heavy atom. The first-order chi connectivity index (χ1) is 13.7. The normalized spacial score (nSPS) is 27.6. The van der Waals surface area contributed by atoms with Gasteiger partial charge in [0.25, 0.3) is 0 Å². The van der Waals surface area contributed by atoms with Gasteiger partial charge >= 0.3 is 5.97 Å². The summed E-state index contributed by atoms with van der Waals surface area (Å²) in [4.78, 5) is 12.3. The van der Waals surface area contributed by atoms with Crippen LogP contribution in [0.2, 0.25) is 0 Å². The van der Waals surface area contributed by atoms with E-state index >= 15 is 0 Å². The molecule has 5 nitrogen and oxygen atoms in total. The average molecular weight is 404 g/mol. The Balaban J connectivity index is 1.55. The SMILES string of the molecule is Cc1cc([C@@H]2O[C@H](COC(=O)c3ccccc3)[C@H]3OC(C)(C)O[C@H]32)c(F)cc1F. The number of ether oxygens (including phenoxy) is 4. The van der Waals surface area contributed by atoms with Gasteiger partial charge in [-0.05, 0) is 44.5 Å². The van der Waals surface area contributed by atoms with E-state index in [0.717, 1.165) is 6.07 Å². The molecule has 154 valence electrons. The summed E-state index contributed by atoms with van der Waals surface area (Å²) in [6, 6.07) is 10.8. The number of carbonyl (C=O) groups excluding carboxylic acids is 1. The topological polar surface area (TPSA) is 54.0 Å². The molecule has 29 heavy (non-hydrogen) atoms. The minimum absolute atomic E-state index is 0.0768. The molecule has 0 unspecified atom stereocenters. The highest BCUT2D eigenvalue weighted by molar-refractivity contribution is 5.89. The first-order valence-corrected chi connectivity index (χ1v) is 9.44. The fourth-order valence-electron chi connectivity index (χ4n) is 3.78. The van der Waals surface area contributed by atoms with E-state index in [1.807, 2.05) is 0 Å². The minimum Gasteiger partial charge on any atom is -0.459 e. The summed E-state index contributed by atoms with van der Waals surface area (Å²) in [6.07, 6.45) is -2.61. The molecule has 2 aromatic carbocycles. The lowest BCUT2D eigenvalue weighted by Crippen LogP contribution is -2.33. The van der Waals surface area contributed by atoms with Crippen molar-refractivity contribution in [2.75, 3.05) is 6.61 Å². The molecule has 2 aliphatic rings. The minimum atomic E-state index is -0.898. The smallest absolute Gasteiger partial charge is 0.338 e. The zero-order valence-corrected chi connectivity index (χ0v) is 16.4. The molecule has 0 aromatic heterocycles. The Morgan fingerprint density at radius 2 is 1.76 bits per heavy atom. The van der Waals surface area contributed by atoms with Crippen LogP contribution < -0.4 is 0 Å². The molecule has 0 spiro atoms. The molecule has 2 aromatic rings. The molecule has 0 N–H and O–H groups in total. The number of hydrogen-bond donors (Lipinski definition) is 0. The number of carbonyl (C=O) groups is 1. The molecule has 0 bridgehead atoms. The van der Waals surface area contributed by atoms with Gasteiger partial charge in [0.2, 0.25) is 0 Å². The summed E-state index contributed by atoms with van der Waals surface area (Å²) in [6.45, 7) is 4.98. The molecule has 0 aliphatic carbocycles. The van der Waals surface area contributed by atoms with Crippen molar-refractivity contribution in [3.63, 3.8) is 0 Å². The average Bonchev–Trinajstić information content (AvgIpc) is 3.16. The Labute approximate surface area is 167 Å². The van der Waals surface area contributed by atoms with E-state index in [0.29, 0.717) is 11.1 Å². The lowest BCUT2D eigenvalue weighted by Gasteiger charge is -2.24. The van der Waals surface area contributed by atoms with Crippen LogP contribution in [0.3, 0.4) is 0 Å². The van der Waals surface area contributed by atoms with Gasteiger partial charge in [0.05, 0.1) is 5.56 Å². The van der Waals surface area contributed by atoms with Crippen LogP contribution in [0.25, 0.3) is 0 Å². The standard InChI is InChI=1S/C22H22F2O5/c1-12-9-14(16(24)10-15(12)23)18-20-19(28-22(2,3)29-20)17(27-18)11-26-21(25)13-7-5-4-6-8-13/h4-10,17-20H,11H2,1-3H3/t17-,18+,19-,20+/m1/s1. The van der Waals surface area contributed by atoms with Crippen LogP contribution in [0.4, 0.5) is 8.78 Å². The maximum atomic E-state index is 14.5. The van der Waals surface area contributed by atoms with E-state index in [9.17, 15) is 13.6 Å². The third kappa shape index (κ3) is 3.90. The first kappa shape index (κ1) is 19.9. The van der Waals surface area contributed by atoms with E-state index in [4.69, 9.17) is 18.9 Å². The molecule has 2 fully saturated rings. The van der Waals surface area contributed by atoms with Crippen molar-refractivity contribution in [3.8, 4) is 0 Å². The lowest BCUT2D eigenvalue weighted by molar-refractivity contribution is -0.191. The summed E-state index contributed by atoms with van der Waals surface area (Å²) in [5.74, 6) is -2.73. The van der Waals surface area contributed by atoms with Gasteiger partial charge in [-0.2, -0.15) is 0 Å². The summed E-state index contributed by atoms with van der Waals surface area (Å²) in [5, 5.41) is 0. The fourth-order valence-corrected chi connectivity index (χ4v) is 3.78. The highest BCUT2D eigenvalue weighted by Gasteiger charge is 2.56. The van der Waals surface area contributed by atoms with Crippen molar-refractivity contribution in [3.05, 3.63) is 70.8 Å².